The van der Waals surface area contributed by atoms with E-state index in [9.17, 15) is 0 Å². The van der Waals surface area contributed by atoms with Gasteiger partial charge in [-0.15, -0.1) is 11.8 Å². The lowest BCUT2D eigenvalue weighted by Gasteiger charge is -2.15. The minimum absolute atomic E-state index is 0.736. The molecule has 1 saturated heterocycles. The first-order chi connectivity index (χ1) is 4.34. The summed E-state index contributed by atoms with van der Waals surface area (Å²) < 4.78 is 0. The third-order valence-electron chi connectivity index (χ3n) is 1.38. The van der Waals surface area contributed by atoms with Crippen LogP contribution in [0.25, 0.3) is 0 Å². The van der Waals surface area contributed by atoms with Crippen LogP contribution in [0.5, 0.6) is 0 Å². The summed E-state index contributed by atoms with van der Waals surface area (Å²) in [7, 11) is 0. The van der Waals surface area contributed by atoms with Gasteiger partial charge in [-0.05, 0) is 0 Å². The van der Waals surface area contributed by atoms with Crippen molar-refractivity contribution in [1.82, 2.24) is 4.90 Å². The summed E-state index contributed by atoms with van der Waals surface area (Å²) in [6, 6.07) is 0. The maximum Gasteiger partial charge on any atom is 0.0635 e. The molecule has 0 saturated carbocycles. The summed E-state index contributed by atoms with van der Waals surface area (Å²) in [4.78, 5) is 2.23. The van der Waals surface area contributed by atoms with Crippen molar-refractivity contribution in [2.24, 2.45) is 5.73 Å². The predicted octanol–water partition coefficient (Wildman–Crippen LogP) is 0.465. The highest BCUT2D eigenvalue weighted by Gasteiger charge is 2.13. The molecule has 1 heterocycles. The standard InChI is InChI=1S/C6H12N2S/c1-6-8(3-2-7)4-5-9-6/h1-5,7H2. The molecular formula is C6H12N2S. The Labute approximate surface area is 60.1 Å². The van der Waals surface area contributed by atoms with Gasteiger partial charge in [0.05, 0.1) is 5.03 Å². The molecule has 0 unspecified atom stereocenters. The van der Waals surface area contributed by atoms with Crippen LogP contribution in [0.4, 0.5) is 0 Å². The Bertz CT molecular complexity index is 114. The SMILES string of the molecule is C=C1SCCN1CCN. The monoisotopic (exact) mass is 144 g/mol. The molecule has 2 nitrogen and oxygen atoms in total. The molecule has 0 radical (unpaired) electrons. The van der Waals surface area contributed by atoms with E-state index in [-0.39, 0.29) is 0 Å². The minimum Gasteiger partial charge on any atom is -0.365 e. The molecule has 52 valence electrons. The lowest BCUT2D eigenvalue weighted by Crippen LogP contribution is -2.24. The largest absolute Gasteiger partial charge is 0.365 e. The molecule has 1 rings (SSSR count). The normalized spacial score (nSPS) is 19.2. The highest BCUT2D eigenvalue weighted by atomic mass is 32.2. The summed E-state index contributed by atoms with van der Waals surface area (Å²) in [5, 5.41) is 1.18. The van der Waals surface area contributed by atoms with Crippen molar-refractivity contribution in [3.63, 3.8) is 0 Å². The molecule has 0 aromatic heterocycles. The molecule has 1 aliphatic heterocycles. The van der Waals surface area contributed by atoms with Crippen LogP contribution in [0.3, 0.4) is 0 Å². The van der Waals surface area contributed by atoms with Gasteiger partial charge in [-0.1, -0.05) is 6.58 Å². The van der Waals surface area contributed by atoms with Crippen LogP contribution in [0, 0.1) is 0 Å². The van der Waals surface area contributed by atoms with Gasteiger partial charge in [0.2, 0.25) is 0 Å². The molecule has 2 N–H and O–H groups in total. The molecule has 1 aliphatic rings. The van der Waals surface area contributed by atoms with E-state index in [4.69, 9.17) is 5.73 Å². The Balaban J connectivity index is 2.31. The van der Waals surface area contributed by atoms with Gasteiger partial charge >= 0.3 is 0 Å². The first kappa shape index (κ1) is 6.96. The van der Waals surface area contributed by atoms with Crippen molar-refractivity contribution < 1.29 is 0 Å². The Hall–Kier alpha value is -0.150. The second kappa shape index (κ2) is 3.13. The molecule has 1 fully saturated rings. The Morgan fingerprint density at radius 1 is 1.78 bits per heavy atom. The average molecular weight is 144 g/mol. The van der Waals surface area contributed by atoms with Crippen molar-refractivity contribution in [2.75, 3.05) is 25.4 Å². The van der Waals surface area contributed by atoms with Gasteiger partial charge < -0.3 is 10.6 Å². The molecule has 0 spiro atoms. The maximum absolute atomic E-state index is 5.38. The smallest absolute Gasteiger partial charge is 0.0635 e. The number of rotatable bonds is 2. The van der Waals surface area contributed by atoms with E-state index in [1.54, 1.807) is 0 Å². The van der Waals surface area contributed by atoms with Gasteiger partial charge in [0, 0.05) is 25.4 Å². The van der Waals surface area contributed by atoms with E-state index in [1.165, 1.54) is 10.8 Å². The highest BCUT2D eigenvalue weighted by molar-refractivity contribution is 8.03. The Morgan fingerprint density at radius 2 is 2.56 bits per heavy atom. The molecule has 3 heteroatoms. The van der Waals surface area contributed by atoms with Crippen molar-refractivity contribution in [1.29, 1.82) is 0 Å². The van der Waals surface area contributed by atoms with E-state index in [0.29, 0.717) is 0 Å². The fourth-order valence-corrected chi connectivity index (χ4v) is 1.79. The number of nitrogens with zero attached hydrogens (tertiary/aromatic N) is 1. The van der Waals surface area contributed by atoms with Crippen molar-refractivity contribution in [2.45, 2.75) is 0 Å². The summed E-state index contributed by atoms with van der Waals surface area (Å²) in [5.74, 6) is 1.18. The molecule has 9 heavy (non-hydrogen) atoms. The molecular weight excluding hydrogens is 132 g/mol. The van der Waals surface area contributed by atoms with Crippen LogP contribution in [0.15, 0.2) is 11.6 Å². The quantitative estimate of drug-likeness (QED) is 0.610. The number of nitrogens with two attached hydrogens (primary N) is 1. The molecule has 0 aliphatic carbocycles. The van der Waals surface area contributed by atoms with Gasteiger partial charge in [-0.3, -0.25) is 0 Å². The van der Waals surface area contributed by atoms with Crippen molar-refractivity contribution in [3.05, 3.63) is 11.6 Å². The Kier molecular flexibility index (Phi) is 2.42. The summed E-state index contributed by atoms with van der Waals surface area (Å²) in [6.07, 6.45) is 0. The molecule has 0 atom stereocenters. The highest BCUT2D eigenvalue weighted by Crippen LogP contribution is 2.24. The van der Waals surface area contributed by atoms with Gasteiger partial charge in [0.1, 0.15) is 0 Å². The second-order valence-corrected chi connectivity index (χ2v) is 3.19. The third-order valence-corrected chi connectivity index (χ3v) is 2.36. The van der Waals surface area contributed by atoms with E-state index < -0.39 is 0 Å². The van der Waals surface area contributed by atoms with E-state index >= 15 is 0 Å². The zero-order chi connectivity index (χ0) is 6.69. The first-order valence-corrected chi connectivity index (χ1v) is 4.10. The fraction of sp³-hybridized carbons (Fsp3) is 0.667. The summed E-state index contributed by atoms with van der Waals surface area (Å²) >= 11 is 1.82. The predicted molar refractivity (Wildman–Crippen MR) is 42.2 cm³/mol. The van der Waals surface area contributed by atoms with Gasteiger partial charge in [-0.2, -0.15) is 0 Å². The lowest BCUT2D eigenvalue weighted by atomic mass is 10.5. The zero-order valence-corrected chi connectivity index (χ0v) is 6.28. The van der Waals surface area contributed by atoms with Crippen LogP contribution in [-0.4, -0.2) is 30.3 Å². The van der Waals surface area contributed by atoms with Gasteiger partial charge in [0.15, 0.2) is 0 Å². The van der Waals surface area contributed by atoms with Crippen molar-refractivity contribution in [3.8, 4) is 0 Å². The number of thioether (sulfide) groups is 1. The molecule has 0 aromatic carbocycles. The average Bonchev–Trinajstić information content (AvgIpc) is 2.18. The topological polar surface area (TPSA) is 29.3 Å². The molecule has 0 amide bonds. The number of hydrogen-bond donors (Lipinski definition) is 1. The lowest BCUT2D eigenvalue weighted by molar-refractivity contribution is 0.414. The first-order valence-electron chi connectivity index (χ1n) is 3.11. The number of hydrogen-bond acceptors (Lipinski definition) is 3. The van der Waals surface area contributed by atoms with E-state index in [1.807, 2.05) is 11.8 Å². The Morgan fingerprint density at radius 3 is 3.00 bits per heavy atom. The van der Waals surface area contributed by atoms with Crippen LogP contribution >= 0.6 is 11.8 Å². The fourth-order valence-electron chi connectivity index (χ4n) is 0.882. The third kappa shape index (κ3) is 1.63. The van der Waals surface area contributed by atoms with Crippen LogP contribution < -0.4 is 5.73 Å². The minimum atomic E-state index is 0.736. The van der Waals surface area contributed by atoms with Crippen LogP contribution in [-0.2, 0) is 0 Å². The molecule has 0 aromatic rings. The van der Waals surface area contributed by atoms with Crippen LogP contribution in [0.1, 0.15) is 0 Å². The van der Waals surface area contributed by atoms with Gasteiger partial charge in [0.25, 0.3) is 0 Å². The second-order valence-electron chi connectivity index (χ2n) is 2.02. The van der Waals surface area contributed by atoms with E-state index in [0.717, 1.165) is 19.6 Å². The molecule has 0 bridgehead atoms. The summed E-state index contributed by atoms with van der Waals surface area (Å²) in [5.41, 5.74) is 5.38. The summed E-state index contributed by atoms with van der Waals surface area (Å²) in [6.45, 7) is 6.71. The van der Waals surface area contributed by atoms with Gasteiger partial charge in [-0.25, -0.2) is 0 Å². The zero-order valence-electron chi connectivity index (χ0n) is 5.47. The van der Waals surface area contributed by atoms with E-state index in [2.05, 4.69) is 11.5 Å². The maximum atomic E-state index is 5.38. The van der Waals surface area contributed by atoms with Crippen molar-refractivity contribution >= 4 is 11.8 Å². The van der Waals surface area contributed by atoms with Crippen LogP contribution in [0.2, 0.25) is 0 Å².